The Kier molecular flexibility index (Phi) is 5.00. The summed E-state index contributed by atoms with van der Waals surface area (Å²) in [6.45, 7) is 8.78. The Labute approximate surface area is 140 Å². The highest BCUT2D eigenvalue weighted by Crippen LogP contribution is 2.29. The molecule has 0 aliphatic rings. The van der Waals surface area contributed by atoms with Crippen molar-refractivity contribution in [2.45, 2.75) is 39.2 Å². The Morgan fingerprint density at radius 3 is 2.19 bits per heavy atom. The van der Waals surface area contributed by atoms with Gasteiger partial charge in [-0.3, -0.25) is 0 Å². The first-order valence-corrected chi connectivity index (χ1v) is 8.26. The van der Waals surface area contributed by atoms with Crippen LogP contribution >= 0.6 is 27.5 Å². The van der Waals surface area contributed by atoms with E-state index in [-0.39, 0.29) is 11.5 Å². The van der Waals surface area contributed by atoms with Crippen LogP contribution in [0.2, 0.25) is 5.02 Å². The molecule has 112 valence electrons. The molecule has 0 heterocycles. The van der Waals surface area contributed by atoms with Crippen LogP contribution in [0.1, 0.15) is 44.9 Å². The molecule has 2 aromatic rings. The van der Waals surface area contributed by atoms with Gasteiger partial charge in [0.05, 0.1) is 0 Å². The number of hydrogen-bond donors (Lipinski definition) is 1. The minimum atomic E-state index is 0.158. The third-order valence-electron chi connectivity index (χ3n) is 3.56. The predicted molar refractivity (Wildman–Crippen MR) is 96.3 cm³/mol. The summed E-state index contributed by atoms with van der Waals surface area (Å²) >= 11 is 9.74. The third-order valence-corrected chi connectivity index (χ3v) is 4.38. The van der Waals surface area contributed by atoms with Crippen LogP contribution < -0.4 is 5.32 Å². The van der Waals surface area contributed by atoms with Crippen LogP contribution in [-0.2, 0) is 5.41 Å². The van der Waals surface area contributed by atoms with Crippen LogP contribution in [0.3, 0.4) is 0 Å². The van der Waals surface area contributed by atoms with E-state index >= 15 is 0 Å². The van der Waals surface area contributed by atoms with Crippen molar-refractivity contribution in [1.29, 1.82) is 0 Å². The largest absolute Gasteiger partial charge is 0.378 e. The zero-order chi connectivity index (χ0) is 15.6. The van der Waals surface area contributed by atoms with Gasteiger partial charge in [0.25, 0.3) is 0 Å². The lowest BCUT2D eigenvalue weighted by Gasteiger charge is -2.21. The summed E-state index contributed by atoms with van der Waals surface area (Å²) < 4.78 is 0.998. The summed E-state index contributed by atoms with van der Waals surface area (Å²) in [5, 5.41) is 4.27. The van der Waals surface area contributed by atoms with Gasteiger partial charge in [-0.1, -0.05) is 66.5 Å². The van der Waals surface area contributed by atoms with Gasteiger partial charge in [-0.25, -0.2) is 0 Å². The summed E-state index contributed by atoms with van der Waals surface area (Å²) in [6, 6.07) is 14.8. The standard InChI is InChI=1S/C18H21BrClN/c1-12(16-10-7-14(19)11-17(16)20)21-15-8-5-13(6-9-15)18(2,3)4/h5-12,21H,1-4H3. The Hall–Kier alpha value is -0.990. The molecule has 0 aliphatic heterocycles. The zero-order valence-corrected chi connectivity index (χ0v) is 15.2. The molecule has 3 heteroatoms. The molecule has 21 heavy (non-hydrogen) atoms. The van der Waals surface area contributed by atoms with Crippen molar-refractivity contribution in [3.63, 3.8) is 0 Å². The van der Waals surface area contributed by atoms with Crippen molar-refractivity contribution in [1.82, 2.24) is 0 Å². The highest BCUT2D eigenvalue weighted by atomic mass is 79.9. The smallest absolute Gasteiger partial charge is 0.0500 e. The minimum Gasteiger partial charge on any atom is -0.378 e. The Morgan fingerprint density at radius 2 is 1.67 bits per heavy atom. The number of nitrogens with one attached hydrogen (secondary N) is 1. The van der Waals surface area contributed by atoms with E-state index < -0.39 is 0 Å². The Balaban J connectivity index is 2.14. The second-order valence-electron chi connectivity index (χ2n) is 6.36. The van der Waals surface area contributed by atoms with Gasteiger partial charge in [0.2, 0.25) is 0 Å². The van der Waals surface area contributed by atoms with Crippen LogP contribution in [-0.4, -0.2) is 0 Å². The van der Waals surface area contributed by atoms with Gasteiger partial charge in [0, 0.05) is 21.2 Å². The lowest BCUT2D eigenvalue weighted by Crippen LogP contribution is -2.11. The molecule has 0 fully saturated rings. The minimum absolute atomic E-state index is 0.158. The summed E-state index contributed by atoms with van der Waals surface area (Å²) in [5.41, 5.74) is 3.72. The average Bonchev–Trinajstić information content (AvgIpc) is 2.38. The molecule has 1 unspecified atom stereocenters. The van der Waals surface area contributed by atoms with Crippen molar-refractivity contribution in [3.8, 4) is 0 Å². The molecular weight excluding hydrogens is 346 g/mol. The van der Waals surface area contributed by atoms with Gasteiger partial charge in [0.15, 0.2) is 0 Å². The zero-order valence-electron chi connectivity index (χ0n) is 12.9. The van der Waals surface area contributed by atoms with Crippen molar-refractivity contribution in [3.05, 3.63) is 63.1 Å². The summed E-state index contributed by atoms with van der Waals surface area (Å²) in [5.74, 6) is 0. The maximum absolute atomic E-state index is 6.31. The molecule has 0 spiro atoms. The molecule has 0 radical (unpaired) electrons. The van der Waals surface area contributed by atoms with Crippen LogP contribution in [0, 0.1) is 0 Å². The average molecular weight is 367 g/mol. The van der Waals surface area contributed by atoms with E-state index in [0.717, 1.165) is 20.7 Å². The summed E-state index contributed by atoms with van der Waals surface area (Å²) in [4.78, 5) is 0. The first-order chi connectivity index (χ1) is 9.77. The molecule has 2 aromatic carbocycles. The van der Waals surface area contributed by atoms with E-state index in [1.54, 1.807) is 0 Å². The van der Waals surface area contributed by atoms with E-state index in [0.29, 0.717) is 0 Å². The lowest BCUT2D eigenvalue weighted by atomic mass is 9.87. The van der Waals surface area contributed by atoms with Crippen molar-refractivity contribution >= 4 is 33.2 Å². The fourth-order valence-electron chi connectivity index (χ4n) is 2.25. The third kappa shape index (κ3) is 4.24. The fourth-order valence-corrected chi connectivity index (χ4v) is 3.08. The monoisotopic (exact) mass is 365 g/mol. The van der Waals surface area contributed by atoms with Gasteiger partial charge in [-0.2, -0.15) is 0 Å². The Morgan fingerprint density at radius 1 is 1.05 bits per heavy atom. The SMILES string of the molecule is CC(Nc1ccc(C(C)(C)C)cc1)c1ccc(Br)cc1Cl. The first kappa shape index (κ1) is 16.4. The Bertz CT molecular complexity index is 614. The molecule has 0 aliphatic carbocycles. The van der Waals surface area contributed by atoms with E-state index in [2.05, 4.69) is 73.2 Å². The summed E-state index contributed by atoms with van der Waals surface area (Å²) in [6.07, 6.45) is 0. The molecule has 1 N–H and O–H groups in total. The van der Waals surface area contributed by atoms with Gasteiger partial charge in [-0.05, 0) is 47.7 Å². The molecule has 1 nitrogen and oxygen atoms in total. The summed E-state index contributed by atoms with van der Waals surface area (Å²) in [7, 11) is 0. The molecule has 0 aromatic heterocycles. The lowest BCUT2D eigenvalue weighted by molar-refractivity contribution is 0.590. The topological polar surface area (TPSA) is 12.0 Å². The second-order valence-corrected chi connectivity index (χ2v) is 7.68. The predicted octanol–water partition coefficient (Wildman–Crippen LogP) is 6.57. The number of hydrogen-bond acceptors (Lipinski definition) is 1. The van der Waals surface area contributed by atoms with Crippen molar-refractivity contribution < 1.29 is 0 Å². The number of benzene rings is 2. The van der Waals surface area contributed by atoms with Crippen molar-refractivity contribution in [2.75, 3.05) is 5.32 Å². The normalized spacial score (nSPS) is 13.0. The highest BCUT2D eigenvalue weighted by molar-refractivity contribution is 9.10. The van der Waals surface area contributed by atoms with Crippen LogP contribution in [0.4, 0.5) is 5.69 Å². The van der Waals surface area contributed by atoms with Gasteiger partial charge >= 0.3 is 0 Å². The molecule has 2 rings (SSSR count). The van der Waals surface area contributed by atoms with Crippen LogP contribution in [0.25, 0.3) is 0 Å². The van der Waals surface area contributed by atoms with Crippen molar-refractivity contribution in [2.24, 2.45) is 0 Å². The number of halogens is 2. The van der Waals surface area contributed by atoms with Gasteiger partial charge in [-0.15, -0.1) is 0 Å². The molecular formula is C18H21BrClN. The molecule has 1 atom stereocenters. The van der Waals surface area contributed by atoms with Crippen LogP contribution in [0.15, 0.2) is 46.9 Å². The van der Waals surface area contributed by atoms with Crippen LogP contribution in [0.5, 0.6) is 0 Å². The van der Waals surface area contributed by atoms with E-state index in [4.69, 9.17) is 11.6 Å². The molecule has 0 amide bonds. The highest BCUT2D eigenvalue weighted by Gasteiger charge is 2.14. The molecule has 0 saturated carbocycles. The molecule has 0 bridgehead atoms. The van der Waals surface area contributed by atoms with Gasteiger partial charge < -0.3 is 5.32 Å². The first-order valence-electron chi connectivity index (χ1n) is 7.09. The molecule has 0 saturated heterocycles. The van der Waals surface area contributed by atoms with Gasteiger partial charge in [0.1, 0.15) is 0 Å². The van der Waals surface area contributed by atoms with E-state index in [1.807, 2.05) is 18.2 Å². The van der Waals surface area contributed by atoms with E-state index in [1.165, 1.54) is 5.56 Å². The van der Waals surface area contributed by atoms with E-state index in [9.17, 15) is 0 Å². The number of anilines is 1. The second kappa shape index (κ2) is 6.41. The maximum Gasteiger partial charge on any atom is 0.0500 e. The quantitative estimate of drug-likeness (QED) is 0.647. The maximum atomic E-state index is 6.31. The number of rotatable bonds is 3. The fraction of sp³-hybridized carbons (Fsp3) is 0.333.